The molecule has 0 spiro atoms. The van der Waals surface area contributed by atoms with Crippen LogP contribution in [0.5, 0.6) is 0 Å². The number of amides is 1. The number of piperazine rings is 1. The number of benzene rings is 1. The molecule has 0 radical (unpaired) electrons. The van der Waals surface area contributed by atoms with Crippen LogP contribution in [0.4, 0.5) is 11.6 Å². The first-order chi connectivity index (χ1) is 15.2. The van der Waals surface area contributed by atoms with Crippen molar-refractivity contribution in [1.82, 2.24) is 14.9 Å². The Morgan fingerprint density at radius 2 is 1.75 bits per heavy atom. The van der Waals surface area contributed by atoms with E-state index in [-0.39, 0.29) is 5.91 Å². The van der Waals surface area contributed by atoms with Gasteiger partial charge >= 0.3 is 5.97 Å². The van der Waals surface area contributed by atoms with E-state index in [4.69, 9.17) is 4.74 Å². The van der Waals surface area contributed by atoms with Gasteiger partial charge < -0.3 is 14.5 Å². The summed E-state index contributed by atoms with van der Waals surface area (Å²) in [5.41, 5.74) is 1.64. The van der Waals surface area contributed by atoms with E-state index in [9.17, 15) is 18.0 Å². The van der Waals surface area contributed by atoms with Crippen LogP contribution in [0, 0.1) is 0 Å². The molecular weight excluding hydrogens is 434 g/mol. The molecule has 2 aliphatic heterocycles. The standard InChI is InChI=1S/C21H25N5O5S/c1-15(19(27)24-10-12-25(13-11-24)21-22-7-3-8-23-21)31-20(28)17-4-5-18-16(14-17)6-9-26(18)32(2,29)30/h3-5,7-8,14-15H,6,9-13H2,1-2H3. The van der Waals surface area contributed by atoms with E-state index in [1.165, 1.54) is 10.4 Å². The summed E-state index contributed by atoms with van der Waals surface area (Å²) in [5.74, 6) is -0.232. The summed E-state index contributed by atoms with van der Waals surface area (Å²) in [6.07, 6.45) is 4.11. The van der Waals surface area contributed by atoms with Crippen LogP contribution in [-0.4, -0.2) is 80.2 Å². The van der Waals surface area contributed by atoms with E-state index >= 15 is 0 Å². The quantitative estimate of drug-likeness (QED) is 0.601. The van der Waals surface area contributed by atoms with Gasteiger partial charge in [0.2, 0.25) is 16.0 Å². The molecule has 1 saturated heterocycles. The summed E-state index contributed by atoms with van der Waals surface area (Å²) < 4.78 is 30.5. The molecule has 0 bridgehead atoms. The van der Waals surface area contributed by atoms with Crippen LogP contribution in [-0.2, 0) is 26.0 Å². The third-order valence-corrected chi connectivity index (χ3v) is 6.81. The van der Waals surface area contributed by atoms with Gasteiger partial charge in [-0.2, -0.15) is 0 Å². The highest BCUT2D eigenvalue weighted by Crippen LogP contribution is 2.31. The second-order valence-corrected chi connectivity index (χ2v) is 9.74. The number of hydrogen-bond donors (Lipinski definition) is 0. The predicted octanol–water partition coefficient (Wildman–Crippen LogP) is 0.693. The molecular formula is C21H25N5O5S. The first-order valence-corrected chi connectivity index (χ1v) is 12.2. The SMILES string of the molecule is CC(OC(=O)c1ccc2c(c1)CCN2S(C)(=O)=O)C(=O)N1CCN(c2ncccn2)CC1. The van der Waals surface area contributed by atoms with Crippen molar-refractivity contribution in [3.8, 4) is 0 Å². The summed E-state index contributed by atoms with van der Waals surface area (Å²) in [5, 5.41) is 0. The number of aromatic nitrogens is 2. The van der Waals surface area contributed by atoms with Gasteiger partial charge in [0.05, 0.1) is 17.5 Å². The molecule has 3 heterocycles. The fraction of sp³-hybridized carbons (Fsp3) is 0.429. The topological polar surface area (TPSA) is 113 Å². The Bertz CT molecular complexity index is 1120. The Balaban J connectivity index is 1.35. The third-order valence-electron chi connectivity index (χ3n) is 5.63. The average Bonchev–Trinajstić information content (AvgIpc) is 3.23. The monoisotopic (exact) mass is 459 g/mol. The van der Waals surface area contributed by atoms with Gasteiger partial charge in [-0.3, -0.25) is 9.10 Å². The lowest BCUT2D eigenvalue weighted by Gasteiger charge is -2.35. The van der Waals surface area contributed by atoms with Gasteiger partial charge in [0.1, 0.15) is 0 Å². The second-order valence-electron chi connectivity index (χ2n) is 7.84. The molecule has 1 atom stereocenters. The number of ether oxygens (including phenoxy) is 1. The number of esters is 1. The van der Waals surface area contributed by atoms with Crippen LogP contribution in [0.2, 0.25) is 0 Å². The highest BCUT2D eigenvalue weighted by molar-refractivity contribution is 7.92. The maximum Gasteiger partial charge on any atom is 0.338 e. The van der Waals surface area contributed by atoms with Crippen LogP contribution in [0.25, 0.3) is 0 Å². The second kappa shape index (κ2) is 8.73. The molecule has 1 aromatic heterocycles. The summed E-state index contributed by atoms with van der Waals surface area (Å²) in [6.45, 7) is 4.07. The summed E-state index contributed by atoms with van der Waals surface area (Å²) in [6, 6.07) is 6.53. The van der Waals surface area contributed by atoms with Gasteiger partial charge in [0.25, 0.3) is 5.91 Å². The van der Waals surface area contributed by atoms with Crippen molar-refractivity contribution in [3.05, 3.63) is 47.8 Å². The Hall–Kier alpha value is -3.21. The fourth-order valence-corrected chi connectivity index (χ4v) is 4.92. The Morgan fingerprint density at radius 1 is 1.06 bits per heavy atom. The smallest absolute Gasteiger partial charge is 0.338 e. The molecule has 1 amide bonds. The van der Waals surface area contributed by atoms with Crippen LogP contribution in [0.15, 0.2) is 36.7 Å². The molecule has 0 aliphatic carbocycles. The van der Waals surface area contributed by atoms with Crippen molar-refractivity contribution in [2.75, 3.05) is 48.2 Å². The van der Waals surface area contributed by atoms with Gasteiger partial charge in [0, 0.05) is 45.1 Å². The highest BCUT2D eigenvalue weighted by atomic mass is 32.2. The molecule has 32 heavy (non-hydrogen) atoms. The Labute approximate surface area is 186 Å². The lowest BCUT2D eigenvalue weighted by molar-refractivity contribution is -0.140. The van der Waals surface area contributed by atoms with Crippen molar-refractivity contribution in [3.63, 3.8) is 0 Å². The first-order valence-electron chi connectivity index (χ1n) is 10.4. The van der Waals surface area contributed by atoms with E-state index in [1.807, 2.05) is 4.90 Å². The lowest BCUT2D eigenvalue weighted by atomic mass is 10.1. The third kappa shape index (κ3) is 4.52. The number of hydrogen-bond acceptors (Lipinski definition) is 8. The van der Waals surface area contributed by atoms with Crippen molar-refractivity contribution in [2.24, 2.45) is 0 Å². The van der Waals surface area contributed by atoms with Gasteiger partial charge in [-0.05, 0) is 43.2 Å². The summed E-state index contributed by atoms with van der Waals surface area (Å²) in [4.78, 5) is 37.5. The molecule has 170 valence electrons. The predicted molar refractivity (Wildman–Crippen MR) is 118 cm³/mol. The van der Waals surface area contributed by atoms with Crippen LogP contribution >= 0.6 is 0 Å². The maximum absolute atomic E-state index is 12.8. The number of carbonyl (C=O) groups is 2. The minimum atomic E-state index is -3.36. The molecule has 0 saturated carbocycles. The van der Waals surface area contributed by atoms with Crippen molar-refractivity contribution >= 4 is 33.5 Å². The van der Waals surface area contributed by atoms with Crippen molar-refractivity contribution in [1.29, 1.82) is 0 Å². The Kier molecular flexibility index (Phi) is 6.00. The fourth-order valence-electron chi connectivity index (χ4n) is 3.96. The highest BCUT2D eigenvalue weighted by Gasteiger charge is 2.30. The number of fused-ring (bicyclic) bond motifs is 1. The van der Waals surface area contributed by atoms with E-state index in [0.29, 0.717) is 56.3 Å². The minimum absolute atomic E-state index is 0.253. The number of carbonyl (C=O) groups excluding carboxylic acids is 2. The van der Waals surface area contributed by atoms with Crippen LogP contribution in [0.3, 0.4) is 0 Å². The summed E-state index contributed by atoms with van der Waals surface area (Å²) in [7, 11) is -3.36. The molecule has 10 nitrogen and oxygen atoms in total. The van der Waals surface area contributed by atoms with E-state index < -0.39 is 22.1 Å². The molecule has 1 aromatic carbocycles. The minimum Gasteiger partial charge on any atom is -0.449 e. The summed E-state index contributed by atoms with van der Waals surface area (Å²) >= 11 is 0. The maximum atomic E-state index is 12.8. The van der Waals surface area contributed by atoms with E-state index in [0.717, 1.165) is 11.8 Å². The van der Waals surface area contributed by atoms with Crippen molar-refractivity contribution < 1.29 is 22.7 Å². The molecule has 0 N–H and O–H groups in total. The molecule has 2 aliphatic rings. The zero-order chi connectivity index (χ0) is 22.9. The van der Waals surface area contributed by atoms with Gasteiger partial charge in [0.15, 0.2) is 6.10 Å². The molecule has 11 heteroatoms. The average molecular weight is 460 g/mol. The number of anilines is 2. The van der Waals surface area contributed by atoms with E-state index in [1.54, 1.807) is 42.4 Å². The number of sulfonamides is 1. The van der Waals surface area contributed by atoms with E-state index in [2.05, 4.69) is 9.97 Å². The van der Waals surface area contributed by atoms with Crippen molar-refractivity contribution in [2.45, 2.75) is 19.4 Å². The lowest BCUT2D eigenvalue weighted by Crippen LogP contribution is -2.52. The largest absolute Gasteiger partial charge is 0.449 e. The first kappa shape index (κ1) is 22.0. The van der Waals surface area contributed by atoms with Crippen LogP contribution < -0.4 is 9.21 Å². The Morgan fingerprint density at radius 3 is 2.41 bits per heavy atom. The molecule has 2 aromatic rings. The van der Waals surface area contributed by atoms with Gasteiger partial charge in [-0.1, -0.05) is 0 Å². The van der Waals surface area contributed by atoms with Gasteiger partial charge in [-0.15, -0.1) is 0 Å². The number of nitrogens with zero attached hydrogens (tertiary/aromatic N) is 5. The number of rotatable bonds is 5. The normalized spacial score (nSPS) is 17.1. The zero-order valence-electron chi connectivity index (χ0n) is 18.0. The van der Waals surface area contributed by atoms with Gasteiger partial charge in [-0.25, -0.2) is 23.2 Å². The van der Waals surface area contributed by atoms with Crippen LogP contribution in [0.1, 0.15) is 22.8 Å². The molecule has 1 unspecified atom stereocenters. The zero-order valence-corrected chi connectivity index (χ0v) is 18.8. The molecule has 1 fully saturated rings. The molecule has 4 rings (SSSR count).